The zero-order chi connectivity index (χ0) is 19.1. The van der Waals surface area contributed by atoms with Gasteiger partial charge >= 0.3 is 14.2 Å². The molecule has 140 valence electrons. The molecule has 1 aliphatic rings. The monoisotopic (exact) mass is 388 g/mol. The van der Waals surface area contributed by atoms with Gasteiger partial charge < -0.3 is 4.74 Å². The van der Waals surface area contributed by atoms with E-state index >= 15 is 4.39 Å². The minimum Gasteiger partial charge on any atom is -0.327 e. The number of H-pyrrole nitrogens is 1. The van der Waals surface area contributed by atoms with Gasteiger partial charge in [0.2, 0.25) is 11.9 Å². The number of imidazole rings is 1. The third kappa shape index (κ3) is 3.23. The summed E-state index contributed by atoms with van der Waals surface area (Å²) in [6, 6.07) is 0. The second-order valence-corrected chi connectivity index (χ2v) is 6.61. The molecule has 3 N–H and O–H groups in total. The number of alkyl halides is 1. The van der Waals surface area contributed by atoms with Crippen LogP contribution < -0.4 is 10.9 Å². The first-order valence-corrected chi connectivity index (χ1v) is 8.80. The van der Waals surface area contributed by atoms with Crippen molar-refractivity contribution in [2.75, 3.05) is 11.9 Å². The van der Waals surface area contributed by atoms with Gasteiger partial charge in [0, 0.05) is 16.9 Å². The van der Waals surface area contributed by atoms with Crippen LogP contribution in [-0.4, -0.2) is 43.0 Å². The van der Waals surface area contributed by atoms with Crippen LogP contribution >= 0.6 is 8.25 Å². The lowest BCUT2D eigenvalue weighted by molar-refractivity contribution is -0.210. The Bertz CT molecular complexity index is 929. The fourth-order valence-electron chi connectivity index (χ4n) is 2.48. The topological polar surface area (TPSA) is 148 Å². The van der Waals surface area contributed by atoms with Crippen LogP contribution in [0.2, 0.25) is 0 Å². The van der Waals surface area contributed by atoms with Gasteiger partial charge in [0.15, 0.2) is 17.3 Å². The predicted molar refractivity (Wildman–Crippen MR) is 86.0 cm³/mol. The van der Waals surface area contributed by atoms with Crippen LogP contribution in [-0.2, 0) is 24.6 Å². The van der Waals surface area contributed by atoms with Crippen LogP contribution in [0.25, 0.3) is 11.2 Å². The number of nitrogens with zero attached hydrogens (tertiary/aromatic N) is 3. The van der Waals surface area contributed by atoms with E-state index in [-0.39, 0.29) is 36.1 Å². The number of aromatic amines is 1. The van der Waals surface area contributed by atoms with Gasteiger partial charge in [-0.25, -0.2) is 4.98 Å². The van der Waals surface area contributed by atoms with E-state index in [0.29, 0.717) is 0 Å². The number of fused-ring (bicyclic) bond motifs is 1. The SMILES string of the molecule is CC(C)C(=O)Nc1nc2c(ncn2C2(F)OCCC2O[P+](=O)O)c(=O)[nH]1. The summed E-state index contributed by atoms with van der Waals surface area (Å²) in [4.78, 5) is 43.0. The predicted octanol–water partition coefficient (Wildman–Crippen LogP) is 0.749. The van der Waals surface area contributed by atoms with Crippen molar-refractivity contribution in [3.05, 3.63) is 16.7 Å². The molecule has 0 aliphatic carbocycles. The lowest BCUT2D eigenvalue weighted by atomic mass is 10.2. The van der Waals surface area contributed by atoms with Gasteiger partial charge in [0.05, 0.1) is 6.61 Å². The highest BCUT2D eigenvalue weighted by Crippen LogP contribution is 2.40. The molecule has 1 saturated heterocycles. The van der Waals surface area contributed by atoms with E-state index in [4.69, 9.17) is 9.63 Å². The highest BCUT2D eigenvalue weighted by atomic mass is 31.1. The number of hydrogen-bond acceptors (Lipinski definition) is 7. The Balaban J connectivity index is 2.06. The van der Waals surface area contributed by atoms with E-state index in [2.05, 4.69) is 24.8 Å². The van der Waals surface area contributed by atoms with Gasteiger partial charge in [-0.05, 0) is 0 Å². The lowest BCUT2D eigenvalue weighted by Gasteiger charge is -2.23. The number of anilines is 1. The zero-order valence-corrected chi connectivity index (χ0v) is 14.7. The molecule has 1 aliphatic heterocycles. The van der Waals surface area contributed by atoms with Gasteiger partial charge in [0.25, 0.3) is 5.56 Å². The van der Waals surface area contributed by atoms with Gasteiger partial charge in [-0.1, -0.05) is 13.8 Å². The average Bonchev–Trinajstić information content (AvgIpc) is 3.12. The van der Waals surface area contributed by atoms with Gasteiger partial charge in [-0.2, -0.15) is 9.37 Å². The van der Waals surface area contributed by atoms with E-state index in [0.717, 1.165) is 10.9 Å². The van der Waals surface area contributed by atoms with Gasteiger partial charge in [0.1, 0.15) is 6.33 Å². The highest BCUT2D eigenvalue weighted by molar-refractivity contribution is 7.32. The lowest BCUT2D eigenvalue weighted by Crippen LogP contribution is -2.38. The van der Waals surface area contributed by atoms with E-state index in [9.17, 15) is 14.2 Å². The summed E-state index contributed by atoms with van der Waals surface area (Å²) in [6.07, 6.45) is -0.409. The normalized spacial score (nSPS) is 23.6. The summed E-state index contributed by atoms with van der Waals surface area (Å²) in [5.41, 5.74) is -1.09. The van der Waals surface area contributed by atoms with Crippen molar-refractivity contribution in [3.8, 4) is 0 Å². The minimum absolute atomic E-state index is 0.0118. The summed E-state index contributed by atoms with van der Waals surface area (Å²) < 4.78 is 36.9. The molecule has 0 saturated carbocycles. The molecule has 0 spiro atoms. The molecule has 11 nitrogen and oxygen atoms in total. The summed E-state index contributed by atoms with van der Waals surface area (Å²) >= 11 is 0. The van der Waals surface area contributed by atoms with Crippen molar-refractivity contribution < 1.29 is 27.9 Å². The molecule has 0 aromatic carbocycles. The number of hydrogen-bond donors (Lipinski definition) is 3. The number of ether oxygens (including phenoxy) is 1. The maximum Gasteiger partial charge on any atom is 0.695 e. The summed E-state index contributed by atoms with van der Waals surface area (Å²) in [7, 11) is -3.07. The first-order valence-electron chi connectivity index (χ1n) is 7.67. The molecular formula is C13H16FN5O6P+. The first-order chi connectivity index (χ1) is 12.2. The number of aromatic nitrogens is 4. The van der Waals surface area contributed by atoms with Crippen LogP contribution in [0.4, 0.5) is 10.3 Å². The van der Waals surface area contributed by atoms with E-state index < -0.39 is 31.8 Å². The number of carbonyl (C=O) groups excluding carboxylic acids is 1. The molecule has 13 heteroatoms. The maximum atomic E-state index is 15.4. The first kappa shape index (κ1) is 18.5. The van der Waals surface area contributed by atoms with Crippen LogP contribution in [0.15, 0.2) is 11.1 Å². The van der Waals surface area contributed by atoms with E-state index in [1.165, 1.54) is 0 Å². The second kappa shape index (κ2) is 6.80. The molecule has 3 atom stereocenters. The molecule has 3 rings (SSSR count). The standard InChI is InChI=1S/C13H15FN5O6P/c1-6(2)10(20)17-12-16-9-8(11(21)18-12)15-5-19(9)13(14)7(3-4-24-13)25-26(22)23/h5-7H,3-4H2,1-2H3,(H2-,16,17,18,20,21,22,23)/p+1. The Kier molecular flexibility index (Phi) is 4.84. The Morgan fingerprint density at radius 2 is 2.38 bits per heavy atom. The summed E-state index contributed by atoms with van der Waals surface area (Å²) in [5.74, 6) is -3.63. The summed E-state index contributed by atoms with van der Waals surface area (Å²) in [5, 5.41) is 2.41. The third-order valence-electron chi connectivity index (χ3n) is 3.80. The summed E-state index contributed by atoms with van der Waals surface area (Å²) in [6.45, 7) is 3.22. The fourth-order valence-corrected chi connectivity index (χ4v) is 2.94. The number of nitrogens with one attached hydrogen (secondary N) is 2. The number of amides is 1. The van der Waals surface area contributed by atoms with Gasteiger partial charge in [-0.15, -0.1) is 9.42 Å². The highest BCUT2D eigenvalue weighted by Gasteiger charge is 2.53. The Morgan fingerprint density at radius 3 is 3.04 bits per heavy atom. The van der Waals surface area contributed by atoms with Crippen molar-refractivity contribution >= 4 is 31.3 Å². The average molecular weight is 388 g/mol. The molecule has 3 heterocycles. The van der Waals surface area contributed by atoms with Crippen molar-refractivity contribution in [1.82, 2.24) is 19.5 Å². The van der Waals surface area contributed by atoms with Crippen molar-refractivity contribution in [1.29, 1.82) is 0 Å². The fraction of sp³-hybridized carbons (Fsp3) is 0.538. The zero-order valence-electron chi connectivity index (χ0n) is 13.8. The molecule has 1 fully saturated rings. The van der Waals surface area contributed by atoms with Crippen LogP contribution in [0.3, 0.4) is 0 Å². The number of halogens is 1. The van der Waals surface area contributed by atoms with Crippen LogP contribution in [0.1, 0.15) is 20.3 Å². The van der Waals surface area contributed by atoms with Crippen molar-refractivity contribution in [2.24, 2.45) is 5.92 Å². The second-order valence-electron chi connectivity index (χ2n) is 5.92. The quantitative estimate of drug-likeness (QED) is 0.636. The molecule has 2 aromatic heterocycles. The molecule has 26 heavy (non-hydrogen) atoms. The van der Waals surface area contributed by atoms with Crippen LogP contribution in [0, 0.1) is 5.92 Å². The molecule has 3 unspecified atom stereocenters. The number of carbonyl (C=O) groups is 1. The molecule has 2 aromatic rings. The third-order valence-corrected chi connectivity index (χ3v) is 4.24. The molecule has 1 amide bonds. The largest absolute Gasteiger partial charge is 0.695 e. The van der Waals surface area contributed by atoms with E-state index in [1.807, 2.05) is 0 Å². The Morgan fingerprint density at radius 1 is 1.65 bits per heavy atom. The maximum absolute atomic E-state index is 15.4. The number of rotatable bonds is 5. The Hall–Kier alpha value is -2.27. The molecule has 0 bridgehead atoms. The van der Waals surface area contributed by atoms with Crippen molar-refractivity contribution in [2.45, 2.75) is 32.4 Å². The minimum atomic E-state index is -3.07. The molecular weight excluding hydrogens is 372 g/mol. The van der Waals surface area contributed by atoms with Crippen LogP contribution in [0.5, 0.6) is 0 Å². The van der Waals surface area contributed by atoms with Gasteiger partial charge in [-0.3, -0.25) is 24.5 Å². The molecule has 0 radical (unpaired) electrons. The van der Waals surface area contributed by atoms with E-state index in [1.54, 1.807) is 13.8 Å². The Labute approximate surface area is 146 Å². The smallest absolute Gasteiger partial charge is 0.327 e. The van der Waals surface area contributed by atoms with Crippen molar-refractivity contribution in [3.63, 3.8) is 0 Å².